The van der Waals surface area contributed by atoms with Crippen molar-refractivity contribution in [1.29, 1.82) is 0 Å². The van der Waals surface area contributed by atoms with E-state index in [1.54, 1.807) is 0 Å². The number of nitrogens with one attached hydrogen (secondary N) is 1. The molecule has 7 nitrogen and oxygen atoms in total. The summed E-state index contributed by atoms with van der Waals surface area (Å²) in [5, 5.41) is 0.954. The number of rotatable bonds is 7. The van der Waals surface area contributed by atoms with Crippen LogP contribution in [0.5, 0.6) is 0 Å². The van der Waals surface area contributed by atoms with Crippen molar-refractivity contribution < 1.29 is 4.79 Å². The van der Waals surface area contributed by atoms with Crippen molar-refractivity contribution in [2.75, 3.05) is 10.6 Å². The van der Waals surface area contributed by atoms with Crippen LogP contribution in [0.1, 0.15) is 35.0 Å². The third kappa shape index (κ3) is 4.22. The Balaban J connectivity index is 1.85. The Bertz CT molecular complexity index is 1340. The molecule has 1 amide bonds. The summed E-state index contributed by atoms with van der Waals surface area (Å²) in [6, 6.07) is 18.9. The summed E-state index contributed by atoms with van der Waals surface area (Å²) < 4.78 is 2.31. The van der Waals surface area contributed by atoms with Crippen molar-refractivity contribution in [3.8, 4) is 0 Å². The Labute approximate surface area is 188 Å². The first kappa shape index (κ1) is 21.6. The molecule has 0 radical (unpaired) electrons. The van der Waals surface area contributed by atoms with Crippen LogP contribution in [0, 0.1) is 0 Å². The molecule has 0 aliphatic heterocycles. The number of fused-ring (bicyclic) bond motifs is 1. The minimum Gasteiger partial charge on any atom is -0.383 e. The summed E-state index contributed by atoms with van der Waals surface area (Å²) in [6.45, 7) is 2.51. The highest BCUT2D eigenvalue weighted by Gasteiger charge is 2.26. The van der Waals surface area contributed by atoms with Gasteiger partial charge in [0.2, 0.25) is 0 Å². The number of unbranched alkanes of at least 4 members (excludes halogenated alkanes) is 1. The SMILES string of the molecule is CCCCn1c(N)c(N(Cc2ccccc2)C(=O)c2cc3ccccc3s2)c(=O)[nH]c1=O. The van der Waals surface area contributed by atoms with Gasteiger partial charge in [-0.05, 0) is 29.5 Å². The molecule has 0 unspecified atom stereocenters. The highest BCUT2D eigenvalue weighted by molar-refractivity contribution is 7.20. The summed E-state index contributed by atoms with van der Waals surface area (Å²) in [6.07, 6.45) is 1.58. The third-order valence-electron chi connectivity index (χ3n) is 5.28. The Morgan fingerprint density at radius 2 is 1.81 bits per heavy atom. The van der Waals surface area contributed by atoms with Crippen molar-refractivity contribution >= 4 is 38.8 Å². The molecular formula is C24H24N4O3S. The number of aromatic nitrogens is 2. The van der Waals surface area contributed by atoms with Crippen LogP contribution in [0.2, 0.25) is 0 Å². The van der Waals surface area contributed by atoms with E-state index >= 15 is 0 Å². The number of anilines is 2. The number of hydrogen-bond acceptors (Lipinski definition) is 5. The number of aromatic amines is 1. The molecule has 32 heavy (non-hydrogen) atoms. The lowest BCUT2D eigenvalue weighted by atomic mass is 10.2. The Morgan fingerprint density at radius 3 is 2.53 bits per heavy atom. The van der Waals surface area contributed by atoms with Crippen LogP contribution in [0.15, 0.2) is 70.3 Å². The van der Waals surface area contributed by atoms with E-state index in [1.807, 2.05) is 67.6 Å². The maximum atomic E-state index is 13.7. The number of hydrogen-bond donors (Lipinski definition) is 2. The largest absolute Gasteiger partial charge is 0.383 e. The number of nitrogens with zero attached hydrogens (tertiary/aromatic N) is 2. The molecule has 0 fully saturated rings. The van der Waals surface area contributed by atoms with E-state index in [9.17, 15) is 14.4 Å². The lowest BCUT2D eigenvalue weighted by Crippen LogP contribution is -2.40. The monoisotopic (exact) mass is 448 g/mol. The fourth-order valence-electron chi connectivity index (χ4n) is 3.62. The van der Waals surface area contributed by atoms with E-state index in [-0.39, 0.29) is 24.0 Å². The molecule has 0 aliphatic carbocycles. The van der Waals surface area contributed by atoms with Gasteiger partial charge in [-0.25, -0.2) is 4.79 Å². The fraction of sp³-hybridized carbons (Fsp3) is 0.208. The molecule has 0 saturated carbocycles. The summed E-state index contributed by atoms with van der Waals surface area (Å²) >= 11 is 1.36. The van der Waals surface area contributed by atoms with E-state index in [1.165, 1.54) is 20.8 Å². The van der Waals surface area contributed by atoms with E-state index in [0.717, 1.165) is 28.5 Å². The summed E-state index contributed by atoms with van der Waals surface area (Å²) in [5.74, 6) is -0.342. The number of H-pyrrole nitrogens is 1. The van der Waals surface area contributed by atoms with Gasteiger partial charge >= 0.3 is 5.69 Å². The molecule has 2 aromatic heterocycles. The zero-order valence-electron chi connectivity index (χ0n) is 17.7. The molecule has 0 saturated heterocycles. The number of amides is 1. The van der Waals surface area contributed by atoms with Gasteiger partial charge in [-0.3, -0.25) is 24.0 Å². The second-order valence-corrected chi connectivity index (χ2v) is 8.61. The molecule has 164 valence electrons. The van der Waals surface area contributed by atoms with Gasteiger partial charge in [0, 0.05) is 11.2 Å². The summed E-state index contributed by atoms with van der Waals surface area (Å²) in [5.41, 5.74) is 5.91. The zero-order chi connectivity index (χ0) is 22.7. The average molecular weight is 449 g/mol. The van der Waals surface area contributed by atoms with Gasteiger partial charge in [0.05, 0.1) is 11.4 Å². The number of benzene rings is 2. The predicted octanol–water partition coefficient (Wildman–Crippen LogP) is 3.98. The minimum absolute atomic E-state index is 0.00223. The first-order valence-electron chi connectivity index (χ1n) is 10.5. The molecule has 0 atom stereocenters. The molecule has 0 aliphatic rings. The third-order valence-corrected chi connectivity index (χ3v) is 6.39. The summed E-state index contributed by atoms with van der Waals surface area (Å²) in [7, 11) is 0. The lowest BCUT2D eigenvalue weighted by molar-refractivity contribution is 0.0988. The van der Waals surface area contributed by atoms with E-state index in [4.69, 9.17) is 5.73 Å². The van der Waals surface area contributed by atoms with Gasteiger partial charge in [-0.15, -0.1) is 11.3 Å². The maximum absolute atomic E-state index is 13.7. The van der Waals surface area contributed by atoms with Gasteiger partial charge in [0.15, 0.2) is 5.69 Å². The van der Waals surface area contributed by atoms with Crippen LogP contribution in [0.25, 0.3) is 10.1 Å². The van der Waals surface area contributed by atoms with Crippen LogP contribution in [-0.4, -0.2) is 15.5 Å². The molecule has 4 rings (SSSR count). The van der Waals surface area contributed by atoms with Crippen molar-refractivity contribution in [1.82, 2.24) is 9.55 Å². The Hall–Kier alpha value is -3.65. The minimum atomic E-state index is -0.675. The molecule has 2 heterocycles. The van der Waals surface area contributed by atoms with E-state index in [0.29, 0.717) is 11.4 Å². The highest BCUT2D eigenvalue weighted by Crippen LogP contribution is 2.29. The average Bonchev–Trinajstić information content (AvgIpc) is 3.23. The van der Waals surface area contributed by atoms with E-state index < -0.39 is 11.2 Å². The first-order valence-corrected chi connectivity index (χ1v) is 11.3. The van der Waals surface area contributed by atoms with Gasteiger partial charge in [0.25, 0.3) is 11.5 Å². The predicted molar refractivity (Wildman–Crippen MR) is 129 cm³/mol. The molecule has 2 aromatic carbocycles. The molecular weight excluding hydrogens is 424 g/mol. The lowest BCUT2D eigenvalue weighted by Gasteiger charge is -2.24. The molecule has 4 aromatic rings. The van der Waals surface area contributed by atoms with Crippen LogP contribution in [0.3, 0.4) is 0 Å². The molecule has 0 bridgehead atoms. The number of thiophene rings is 1. The molecule has 8 heteroatoms. The van der Waals surface area contributed by atoms with Crippen molar-refractivity contribution in [2.45, 2.75) is 32.9 Å². The standard InChI is InChI=1S/C24H24N4O3S/c1-2-3-13-27-21(25)20(22(29)26-24(27)31)28(15-16-9-5-4-6-10-16)23(30)19-14-17-11-7-8-12-18(17)32-19/h4-12,14H,2-3,13,15,25H2,1H3,(H,26,29,31). The Morgan fingerprint density at radius 1 is 1.09 bits per heavy atom. The van der Waals surface area contributed by atoms with Crippen LogP contribution < -0.4 is 21.9 Å². The summed E-state index contributed by atoms with van der Waals surface area (Å²) in [4.78, 5) is 43.1. The highest BCUT2D eigenvalue weighted by atomic mass is 32.1. The first-order chi connectivity index (χ1) is 15.5. The van der Waals surface area contributed by atoms with Gasteiger partial charge in [-0.1, -0.05) is 61.9 Å². The van der Waals surface area contributed by atoms with E-state index in [2.05, 4.69) is 4.98 Å². The van der Waals surface area contributed by atoms with Crippen molar-refractivity contribution in [3.05, 3.63) is 91.9 Å². The van der Waals surface area contributed by atoms with Gasteiger partial charge in [-0.2, -0.15) is 0 Å². The number of carbonyl (C=O) groups excluding carboxylic acids is 1. The van der Waals surface area contributed by atoms with Gasteiger partial charge in [0.1, 0.15) is 5.82 Å². The quantitative estimate of drug-likeness (QED) is 0.446. The fourth-order valence-corrected chi connectivity index (χ4v) is 4.63. The van der Waals surface area contributed by atoms with Crippen LogP contribution in [-0.2, 0) is 13.1 Å². The zero-order valence-corrected chi connectivity index (χ0v) is 18.5. The topological polar surface area (TPSA) is 101 Å². The Kier molecular flexibility index (Phi) is 6.23. The second kappa shape index (κ2) is 9.23. The number of nitrogens with two attached hydrogens (primary N) is 1. The van der Waals surface area contributed by atoms with Crippen LogP contribution >= 0.6 is 11.3 Å². The van der Waals surface area contributed by atoms with Gasteiger partial charge < -0.3 is 5.73 Å². The normalized spacial score (nSPS) is 11.0. The smallest absolute Gasteiger partial charge is 0.330 e. The molecule has 0 spiro atoms. The van der Waals surface area contributed by atoms with Crippen molar-refractivity contribution in [2.24, 2.45) is 0 Å². The second-order valence-electron chi connectivity index (χ2n) is 7.52. The number of carbonyl (C=O) groups is 1. The maximum Gasteiger partial charge on any atom is 0.330 e. The molecule has 3 N–H and O–H groups in total. The van der Waals surface area contributed by atoms with Crippen LogP contribution in [0.4, 0.5) is 11.5 Å². The van der Waals surface area contributed by atoms with Crippen molar-refractivity contribution in [3.63, 3.8) is 0 Å². The number of nitrogen functional groups attached to an aromatic ring is 1.